The van der Waals surface area contributed by atoms with Gasteiger partial charge in [-0.3, -0.25) is 9.69 Å². The van der Waals surface area contributed by atoms with Gasteiger partial charge in [-0.05, 0) is 68.2 Å². The molecule has 1 heterocycles. The van der Waals surface area contributed by atoms with Crippen molar-refractivity contribution < 1.29 is 18.0 Å². The molecule has 168 valence electrons. The first-order chi connectivity index (χ1) is 14.1. The predicted octanol–water partition coefficient (Wildman–Crippen LogP) is 4.69. The second-order valence-corrected chi connectivity index (χ2v) is 9.41. The molecule has 0 aromatic heterocycles. The van der Waals surface area contributed by atoms with Gasteiger partial charge < -0.3 is 10.6 Å². The number of amides is 1. The van der Waals surface area contributed by atoms with Crippen molar-refractivity contribution >= 4 is 11.6 Å². The molecule has 1 amide bonds. The Morgan fingerprint density at radius 3 is 2.30 bits per heavy atom. The van der Waals surface area contributed by atoms with Gasteiger partial charge in [0.2, 0.25) is 5.91 Å². The van der Waals surface area contributed by atoms with E-state index in [-0.39, 0.29) is 12.8 Å². The Hall–Kier alpha value is -1.76. The van der Waals surface area contributed by atoms with Gasteiger partial charge in [-0.1, -0.05) is 13.8 Å². The predicted molar refractivity (Wildman–Crippen MR) is 113 cm³/mol. The maximum atomic E-state index is 13.0. The summed E-state index contributed by atoms with van der Waals surface area (Å²) in [7, 11) is 0. The summed E-state index contributed by atoms with van der Waals surface area (Å²) >= 11 is 0. The fraction of sp³-hybridized carbons (Fsp3) is 0.696. The molecule has 1 aromatic rings. The van der Waals surface area contributed by atoms with Gasteiger partial charge in [-0.15, -0.1) is 0 Å². The fourth-order valence-electron chi connectivity index (χ4n) is 4.96. The quantitative estimate of drug-likeness (QED) is 0.689. The van der Waals surface area contributed by atoms with E-state index in [1.54, 1.807) is 12.1 Å². The number of rotatable bonds is 7. The van der Waals surface area contributed by atoms with Gasteiger partial charge in [0.15, 0.2) is 0 Å². The van der Waals surface area contributed by atoms with Crippen LogP contribution in [0.4, 0.5) is 18.9 Å². The van der Waals surface area contributed by atoms with E-state index in [1.807, 2.05) is 12.1 Å². The number of halogens is 3. The molecule has 1 saturated heterocycles. The second kappa shape index (κ2) is 9.58. The number of nitrogens with two attached hydrogens (primary N) is 1. The van der Waals surface area contributed by atoms with Crippen molar-refractivity contribution in [2.45, 2.75) is 58.2 Å². The summed E-state index contributed by atoms with van der Waals surface area (Å²) in [4.78, 5) is 16.1. The lowest BCUT2D eigenvalue weighted by molar-refractivity contribution is -0.184. The minimum absolute atomic E-state index is 0.271. The molecule has 1 saturated carbocycles. The van der Waals surface area contributed by atoms with Crippen LogP contribution < -0.4 is 10.6 Å². The first-order valence-electron chi connectivity index (χ1n) is 11.1. The van der Waals surface area contributed by atoms with Gasteiger partial charge >= 0.3 is 6.18 Å². The van der Waals surface area contributed by atoms with Crippen molar-refractivity contribution in [3.05, 3.63) is 29.8 Å². The molecular weight excluding hydrogens is 391 g/mol. The van der Waals surface area contributed by atoms with E-state index in [1.165, 1.54) is 0 Å². The van der Waals surface area contributed by atoms with Crippen LogP contribution in [0.5, 0.6) is 0 Å². The summed E-state index contributed by atoms with van der Waals surface area (Å²) in [5.41, 5.74) is 6.91. The third-order valence-electron chi connectivity index (χ3n) is 6.60. The van der Waals surface area contributed by atoms with Crippen molar-refractivity contribution in [2.75, 3.05) is 31.1 Å². The SMILES string of the molecule is CC(C)CN(CC1CCC(C(F)(F)F)CC1)[C@@H]1CCN(c2ccc(C(N)=O)cc2)C1. The minimum atomic E-state index is -4.04. The highest BCUT2D eigenvalue weighted by atomic mass is 19.4. The normalized spacial score (nSPS) is 25.3. The zero-order chi connectivity index (χ0) is 21.9. The fourth-order valence-corrected chi connectivity index (χ4v) is 4.96. The van der Waals surface area contributed by atoms with Gasteiger partial charge in [0, 0.05) is 43.5 Å². The minimum Gasteiger partial charge on any atom is -0.370 e. The smallest absolute Gasteiger partial charge is 0.370 e. The summed E-state index contributed by atoms with van der Waals surface area (Å²) in [6.07, 6.45) is -1.12. The van der Waals surface area contributed by atoms with Crippen LogP contribution in [-0.2, 0) is 0 Å². The Bertz CT molecular complexity index is 697. The maximum absolute atomic E-state index is 13.0. The molecule has 0 bridgehead atoms. The van der Waals surface area contributed by atoms with Crippen LogP contribution in [0.25, 0.3) is 0 Å². The highest BCUT2D eigenvalue weighted by molar-refractivity contribution is 5.93. The number of carbonyl (C=O) groups is 1. The lowest BCUT2D eigenvalue weighted by atomic mass is 9.81. The number of benzene rings is 1. The number of anilines is 1. The first-order valence-corrected chi connectivity index (χ1v) is 11.1. The highest BCUT2D eigenvalue weighted by Crippen LogP contribution is 2.40. The Balaban J connectivity index is 1.59. The van der Waals surface area contributed by atoms with E-state index in [4.69, 9.17) is 5.73 Å². The number of hydrogen-bond donors (Lipinski definition) is 1. The van der Waals surface area contributed by atoms with Crippen molar-refractivity contribution in [3.8, 4) is 0 Å². The van der Waals surface area contributed by atoms with Gasteiger partial charge in [0.25, 0.3) is 0 Å². The monoisotopic (exact) mass is 425 g/mol. The van der Waals surface area contributed by atoms with Crippen LogP contribution >= 0.6 is 0 Å². The van der Waals surface area contributed by atoms with E-state index >= 15 is 0 Å². The maximum Gasteiger partial charge on any atom is 0.391 e. The molecule has 3 rings (SSSR count). The molecule has 0 spiro atoms. The number of primary amides is 1. The Morgan fingerprint density at radius 1 is 1.13 bits per heavy atom. The summed E-state index contributed by atoms with van der Waals surface area (Å²) in [5.74, 6) is -0.673. The average Bonchev–Trinajstić information content (AvgIpc) is 3.17. The van der Waals surface area contributed by atoms with E-state index < -0.39 is 18.0 Å². The van der Waals surface area contributed by atoms with Gasteiger partial charge in [0.1, 0.15) is 0 Å². The summed E-state index contributed by atoms with van der Waals surface area (Å²) in [6.45, 7) is 8.10. The standard InChI is InChI=1S/C23H34F3N3O/c1-16(2)13-29(14-17-3-7-19(8-4-17)23(24,25)26)21-11-12-28(15-21)20-9-5-18(6-10-20)22(27)30/h5-6,9-10,16-17,19,21H,3-4,7-8,11-15H2,1-2H3,(H2,27,30)/t17?,19?,21-/m1/s1. The molecule has 0 radical (unpaired) electrons. The molecule has 7 heteroatoms. The Morgan fingerprint density at radius 2 is 1.77 bits per heavy atom. The van der Waals surface area contributed by atoms with Gasteiger partial charge in [-0.2, -0.15) is 13.2 Å². The largest absolute Gasteiger partial charge is 0.391 e. The second-order valence-electron chi connectivity index (χ2n) is 9.41. The summed E-state index contributed by atoms with van der Waals surface area (Å²) in [5, 5.41) is 0. The number of alkyl halides is 3. The molecule has 0 unspecified atom stereocenters. The first kappa shape index (κ1) is 22.9. The zero-order valence-corrected chi connectivity index (χ0v) is 18.0. The van der Waals surface area contributed by atoms with Crippen molar-refractivity contribution in [3.63, 3.8) is 0 Å². The average molecular weight is 426 g/mol. The summed E-state index contributed by atoms with van der Waals surface area (Å²) in [6, 6.07) is 7.80. The van der Waals surface area contributed by atoms with Crippen molar-refractivity contribution in [1.82, 2.24) is 4.90 Å². The van der Waals surface area contributed by atoms with Crippen molar-refractivity contribution in [1.29, 1.82) is 0 Å². The van der Waals surface area contributed by atoms with E-state index in [9.17, 15) is 18.0 Å². The molecule has 1 aliphatic carbocycles. The molecule has 2 N–H and O–H groups in total. The topological polar surface area (TPSA) is 49.6 Å². The van der Waals surface area contributed by atoms with Gasteiger partial charge in [0.05, 0.1) is 5.92 Å². The van der Waals surface area contributed by atoms with Crippen LogP contribution in [0.15, 0.2) is 24.3 Å². The number of hydrogen-bond acceptors (Lipinski definition) is 3. The van der Waals surface area contributed by atoms with E-state index in [2.05, 4.69) is 23.6 Å². The van der Waals surface area contributed by atoms with Crippen molar-refractivity contribution in [2.24, 2.45) is 23.5 Å². The molecule has 30 heavy (non-hydrogen) atoms. The zero-order valence-electron chi connectivity index (χ0n) is 18.0. The molecule has 2 fully saturated rings. The molecule has 1 aliphatic heterocycles. The Labute approximate surface area is 177 Å². The third kappa shape index (κ3) is 5.90. The van der Waals surface area contributed by atoms with Gasteiger partial charge in [-0.25, -0.2) is 0 Å². The van der Waals surface area contributed by atoms with Crippen LogP contribution in [-0.4, -0.2) is 49.2 Å². The Kier molecular flexibility index (Phi) is 7.32. The third-order valence-corrected chi connectivity index (χ3v) is 6.60. The summed E-state index contributed by atoms with van der Waals surface area (Å²) < 4.78 is 38.9. The lowest BCUT2D eigenvalue weighted by Gasteiger charge is -2.37. The van der Waals surface area contributed by atoms with Crippen LogP contribution in [0, 0.1) is 17.8 Å². The molecule has 4 nitrogen and oxygen atoms in total. The number of carbonyl (C=O) groups excluding carboxylic acids is 1. The van der Waals surface area contributed by atoms with Crippen LogP contribution in [0.2, 0.25) is 0 Å². The van der Waals surface area contributed by atoms with E-state index in [0.29, 0.717) is 36.3 Å². The highest BCUT2D eigenvalue weighted by Gasteiger charge is 2.42. The molecule has 1 atom stereocenters. The molecule has 2 aliphatic rings. The number of nitrogens with zero attached hydrogens (tertiary/aromatic N) is 2. The van der Waals surface area contributed by atoms with E-state index in [0.717, 1.165) is 38.3 Å². The lowest BCUT2D eigenvalue weighted by Crippen LogP contribution is -2.43. The van der Waals surface area contributed by atoms with Crippen LogP contribution in [0.3, 0.4) is 0 Å². The van der Waals surface area contributed by atoms with Crippen LogP contribution in [0.1, 0.15) is 56.3 Å². The molecule has 1 aromatic carbocycles. The molecular formula is C23H34F3N3O.